The molecule has 42 heavy (non-hydrogen) atoms. The van der Waals surface area contributed by atoms with Crippen molar-refractivity contribution in [2.75, 3.05) is 6.54 Å². The van der Waals surface area contributed by atoms with E-state index in [4.69, 9.17) is 0 Å². The fourth-order valence-corrected chi connectivity index (χ4v) is 5.94. The first kappa shape index (κ1) is 28.0. The fraction of sp³-hybridized carbons (Fsp3) is 0.400. The molecule has 3 aromatic rings. The molecule has 2 saturated carbocycles. The second-order valence-corrected chi connectivity index (χ2v) is 13.0. The fourth-order valence-electron chi connectivity index (χ4n) is 5.94. The molecule has 6 rings (SSSR count). The smallest absolute Gasteiger partial charge is 0.318 e. The van der Waals surface area contributed by atoms with E-state index in [9.17, 15) is 14.4 Å². The molecule has 0 saturated heterocycles. The van der Waals surface area contributed by atoms with Crippen molar-refractivity contribution >= 4 is 17.8 Å². The average molecular weight is 565 g/mol. The van der Waals surface area contributed by atoms with Gasteiger partial charge in [-0.2, -0.15) is 0 Å². The van der Waals surface area contributed by atoms with Crippen LogP contribution in [0.3, 0.4) is 0 Å². The number of nitrogens with zero attached hydrogens (tertiary/aromatic N) is 1. The molecule has 0 spiro atoms. The molecule has 3 aliphatic rings. The SMILES string of the molecule is CC(C)(C)NC(=O)N1CCc2c(-c3cccc(C(=O)NC4CC4)c3)ccc(CNC(=O)[C@H]3C[C@@H]3c3ccccc3)c2C1. The van der Waals surface area contributed by atoms with Gasteiger partial charge in [0, 0.05) is 42.7 Å². The highest BCUT2D eigenvalue weighted by molar-refractivity contribution is 5.96. The molecule has 0 radical (unpaired) electrons. The third-order valence-electron chi connectivity index (χ3n) is 8.43. The number of hydrogen-bond acceptors (Lipinski definition) is 3. The van der Waals surface area contributed by atoms with E-state index in [1.807, 2.05) is 68.1 Å². The molecule has 3 aromatic carbocycles. The van der Waals surface area contributed by atoms with E-state index in [0.717, 1.165) is 41.5 Å². The van der Waals surface area contributed by atoms with E-state index in [-0.39, 0.29) is 35.2 Å². The molecule has 3 N–H and O–H groups in total. The van der Waals surface area contributed by atoms with Crippen LogP contribution < -0.4 is 16.0 Å². The third kappa shape index (κ3) is 6.35. The lowest BCUT2D eigenvalue weighted by Gasteiger charge is -2.34. The lowest BCUT2D eigenvalue weighted by Crippen LogP contribution is -2.50. The maximum Gasteiger partial charge on any atom is 0.318 e. The molecule has 0 unspecified atom stereocenters. The van der Waals surface area contributed by atoms with E-state index in [1.54, 1.807) is 0 Å². The van der Waals surface area contributed by atoms with Gasteiger partial charge in [0.15, 0.2) is 0 Å². The standard InChI is InChI=1S/C35H40N4O3/c1-35(2,3)38-34(42)39-17-16-28-27(23-10-7-11-24(18-23)32(40)37-26-13-14-26)15-12-25(31(28)21-39)20-36-33(41)30-19-29(30)22-8-5-4-6-9-22/h4-12,15,18,26,29-30H,13-14,16-17,19-21H2,1-3H3,(H,36,41)(H,37,40)(H,38,42)/t29-,30+/m1/s1. The molecular formula is C35H40N4O3. The van der Waals surface area contributed by atoms with Crippen molar-refractivity contribution < 1.29 is 14.4 Å². The highest BCUT2D eigenvalue weighted by atomic mass is 16.2. The minimum atomic E-state index is -0.336. The van der Waals surface area contributed by atoms with Gasteiger partial charge in [-0.05, 0) is 97.9 Å². The summed E-state index contributed by atoms with van der Waals surface area (Å²) in [5.74, 6) is 0.324. The van der Waals surface area contributed by atoms with Gasteiger partial charge in [-0.25, -0.2) is 4.79 Å². The first-order chi connectivity index (χ1) is 20.2. The Morgan fingerprint density at radius 2 is 1.71 bits per heavy atom. The average Bonchev–Trinajstić information content (AvgIpc) is 3.91. The monoisotopic (exact) mass is 564 g/mol. The van der Waals surface area contributed by atoms with Gasteiger partial charge in [0.1, 0.15) is 0 Å². The van der Waals surface area contributed by atoms with E-state index >= 15 is 0 Å². The second-order valence-electron chi connectivity index (χ2n) is 13.0. The summed E-state index contributed by atoms with van der Waals surface area (Å²) in [7, 11) is 0. The number of urea groups is 1. The van der Waals surface area contributed by atoms with Gasteiger partial charge < -0.3 is 20.9 Å². The molecule has 218 valence electrons. The van der Waals surface area contributed by atoms with Gasteiger partial charge in [-0.15, -0.1) is 0 Å². The maximum atomic E-state index is 13.1. The van der Waals surface area contributed by atoms with Crippen LogP contribution in [0.15, 0.2) is 66.7 Å². The Labute approximate surface area is 248 Å². The van der Waals surface area contributed by atoms with Crippen molar-refractivity contribution in [2.24, 2.45) is 5.92 Å². The summed E-state index contributed by atoms with van der Waals surface area (Å²) in [4.78, 5) is 40.9. The Morgan fingerprint density at radius 1 is 0.929 bits per heavy atom. The minimum Gasteiger partial charge on any atom is -0.352 e. The third-order valence-corrected chi connectivity index (χ3v) is 8.43. The zero-order valence-electron chi connectivity index (χ0n) is 24.7. The first-order valence-corrected chi connectivity index (χ1v) is 15.1. The number of fused-ring (bicyclic) bond motifs is 1. The molecule has 1 heterocycles. The maximum absolute atomic E-state index is 13.1. The van der Waals surface area contributed by atoms with Crippen molar-refractivity contribution in [3.05, 3.63) is 94.5 Å². The number of carbonyl (C=O) groups excluding carboxylic acids is 3. The van der Waals surface area contributed by atoms with Crippen LogP contribution in [-0.4, -0.2) is 40.9 Å². The molecule has 7 nitrogen and oxygen atoms in total. The normalized spacial score (nSPS) is 19.5. The van der Waals surface area contributed by atoms with Crippen LogP contribution in [0.2, 0.25) is 0 Å². The van der Waals surface area contributed by atoms with Gasteiger partial charge in [-0.1, -0.05) is 54.6 Å². The van der Waals surface area contributed by atoms with E-state index < -0.39 is 0 Å². The van der Waals surface area contributed by atoms with E-state index in [0.29, 0.717) is 37.7 Å². The summed E-state index contributed by atoms with van der Waals surface area (Å²) in [6.07, 6.45) is 3.66. The molecule has 0 bridgehead atoms. The minimum absolute atomic E-state index is 0.00101. The number of hydrogen-bond donors (Lipinski definition) is 3. The Hall–Kier alpha value is -4.13. The number of nitrogens with one attached hydrogen (secondary N) is 3. The van der Waals surface area contributed by atoms with Crippen LogP contribution in [0, 0.1) is 5.92 Å². The lowest BCUT2D eigenvalue weighted by atomic mass is 9.87. The summed E-state index contributed by atoms with van der Waals surface area (Å²) in [6.45, 7) is 7.42. The van der Waals surface area contributed by atoms with E-state index in [1.165, 1.54) is 11.1 Å². The quantitative estimate of drug-likeness (QED) is 0.352. The molecule has 2 aliphatic carbocycles. The van der Waals surface area contributed by atoms with Crippen molar-refractivity contribution in [1.82, 2.24) is 20.9 Å². The predicted molar refractivity (Wildman–Crippen MR) is 164 cm³/mol. The number of rotatable bonds is 7. The highest BCUT2D eigenvalue weighted by Crippen LogP contribution is 2.47. The molecule has 4 amide bonds. The van der Waals surface area contributed by atoms with Crippen LogP contribution in [0.4, 0.5) is 4.79 Å². The summed E-state index contributed by atoms with van der Waals surface area (Å²) in [6, 6.07) is 22.4. The molecule has 1 aliphatic heterocycles. The second kappa shape index (κ2) is 11.3. The summed E-state index contributed by atoms with van der Waals surface area (Å²) in [5, 5.41) is 9.36. The largest absolute Gasteiger partial charge is 0.352 e. The van der Waals surface area contributed by atoms with Gasteiger partial charge in [0.05, 0.1) is 0 Å². The molecule has 0 aromatic heterocycles. The van der Waals surface area contributed by atoms with Crippen molar-refractivity contribution in [3.8, 4) is 11.1 Å². The highest BCUT2D eigenvalue weighted by Gasteiger charge is 2.43. The summed E-state index contributed by atoms with van der Waals surface area (Å²) in [5.41, 5.74) is 6.87. The summed E-state index contributed by atoms with van der Waals surface area (Å²) < 4.78 is 0. The topological polar surface area (TPSA) is 90.5 Å². The molecule has 2 fully saturated rings. The van der Waals surface area contributed by atoms with Crippen molar-refractivity contribution in [3.63, 3.8) is 0 Å². The van der Waals surface area contributed by atoms with E-state index in [2.05, 4.69) is 40.2 Å². The van der Waals surface area contributed by atoms with Gasteiger partial charge in [-0.3, -0.25) is 9.59 Å². The van der Waals surface area contributed by atoms with Crippen molar-refractivity contribution in [1.29, 1.82) is 0 Å². The van der Waals surface area contributed by atoms with Crippen LogP contribution in [0.1, 0.15) is 78.6 Å². The summed E-state index contributed by atoms with van der Waals surface area (Å²) >= 11 is 0. The zero-order chi connectivity index (χ0) is 29.4. The molecule has 2 atom stereocenters. The Kier molecular flexibility index (Phi) is 7.52. The number of carbonyl (C=O) groups is 3. The van der Waals surface area contributed by atoms with Gasteiger partial charge in [0.2, 0.25) is 5.91 Å². The van der Waals surface area contributed by atoms with Crippen molar-refractivity contribution in [2.45, 2.75) is 77.0 Å². The Bertz CT molecular complexity index is 1510. The van der Waals surface area contributed by atoms with Crippen LogP contribution in [-0.2, 0) is 24.3 Å². The molecule has 7 heteroatoms. The number of amides is 4. The van der Waals surface area contributed by atoms with Crippen LogP contribution in [0.25, 0.3) is 11.1 Å². The van der Waals surface area contributed by atoms with Crippen LogP contribution >= 0.6 is 0 Å². The Morgan fingerprint density at radius 3 is 2.45 bits per heavy atom. The lowest BCUT2D eigenvalue weighted by molar-refractivity contribution is -0.122. The zero-order valence-corrected chi connectivity index (χ0v) is 24.7. The molecular weight excluding hydrogens is 524 g/mol. The van der Waals surface area contributed by atoms with Gasteiger partial charge in [0.25, 0.3) is 5.91 Å². The van der Waals surface area contributed by atoms with Gasteiger partial charge >= 0.3 is 6.03 Å². The van der Waals surface area contributed by atoms with Crippen LogP contribution in [0.5, 0.6) is 0 Å². The first-order valence-electron chi connectivity index (χ1n) is 15.1. The predicted octanol–water partition coefficient (Wildman–Crippen LogP) is 5.53. The number of benzene rings is 3. The Balaban J connectivity index is 1.25.